The first kappa shape index (κ1) is 17.3. The van der Waals surface area contributed by atoms with E-state index in [2.05, 4.69) is 0 Å². The number of rotatable bonds is 3. The Morgan fingerprint density at radius 3 is 2.77 bits per heavy atom. The summed E-state index contributed by atoms with van der Waals surface area (Å²) >= 11 is 0. The van der Waals surface area contributed by atoms with E-state index in [9.17, 15) is 8.42 Å². The van der Waals surface area contributed by atoms with Crippen LogP contribution in [0.25, 0.3) is 0 Å². The van der Waals surface area contributed by atoms with Crippen molar-refractivity contribution in [3.63, 3.8) is 0 Å². The Hall–Kier alpha value is -1.02. The van der Waals surface area contributed by atoms with Crippen LogP contribution in [0.2, 0.25) is 0 Å². The van der Waals surface area contributed by atoms with Gasteiger partial charge in [-0.3, -0.25) is 0 Å². The van der Waals surface area contributed by atoms with E-state index in [0.717, 1.165) is 12.8 Å². The molecule has 6 nitrogen and oxygen atoms in total. The van der Waals surface area contributed by atoms with Crippen LogP contribution >= 0.6 is 12.4 Å². The first-order valence-corrected chi connectivity index (χ1v) is 8.58. The van der Waals surface area contributed by atoms with Crippen LogP contribution in [0.4, 0.5) is 0 Å². The molecule has 0 bridgehead atoms. The van der Waals surface area contributed by atoms with E-state index in [-0.39, 0.29) is 36.1 Å². The van der Waals surface area contributed by atoms with Crippen LogP contribution in [0.15, 0.2) is 23.1 Å². The van der Waals surface area contributed by atoms with Crippen molar-refractivity contribution in [2.45, 2.75) is 30.7 Å². The smallest absolute Gasteiger partial charge is 0.243 e. The summed E-state index contributed by atoms with van der Waals surface area (Å²) in [5.74, 6) is 1.28. The molecule has 8 heteroatoms. The van der Waals surface area contributed by atoms with Gasteiger partial charge in [-0.2, -0.15) is 4.31 Å². The van der Waals surface area contributed by atoms with Crippen LogP contribution in [0.3, 0.4) is 0 Å². The van der Waals surface area contributed by atoms with E-state index in [4.69, 9.17) is 15.2 Å². The monoisotopic (exact) mass is 348 g/mol. The predicted octanol–water partition coefficient (Wildman–Crippen LogP) is 1.59. The standard InChI is InChI=1S/C14H20N2O4S.ClH/c1-10(15)11-3-2-6-16(8-11)21(17,18)12-4-5-13-14(7-12)20-9-19-13;/h4-5,7,10-11H,2-3,6,8-9,15H2,1H3;1H. The summed E-state index contributed by atoms with van der Waals surface area (Å²) in [4.78, 5) is 0.247. The molecule has 1 aromatic rings. The molecule has 2 aliphatic rings. The first-order valence-electron chi connectivity index (χ1n) is 7.14. The second-order valence-corrected chi connectivity index (χ2v) is 7.58. The third kappa shape index (κ3) is 3.17. The molecule has 2 aliphatic heterocycles. The Morgan fingerprint density at radius 1 is 1.32 bits per heavy atom. The van der Waals surface area contributed by atoms with Gasteiger partial charge in [0.1, 0.15) is 0 Å². The van der Waals surface area contributed by atoms with Crippen LogP contribution in [-0.4, -0.2) is 38.6 Å². The molecule has 2 atom stereocenters. The van der Waals surface area contributed by atoms with E-state index < -0.39 is 10.0 Å². The molecule has 3 rings (SSSR count). The number of sulfonamides is 1. The molecule has 22 heavy (non-hydrogen) atoms. The van der Waals surface area contributed by atoms with Gasteiger partial charge in [-0.05, 0) is 37.8 Å². The number of hydrogen-bond donors (Lipinski definition) is 1. The van der Waals surface area contributed by atoms with Crippen molar-refractivity contribution >= 4 is 22.4 Å². The Morgan fingerprint density at radius 2 is 2.05 bits per heavy atom. The van der Waals surface area contributed by atoms with Crippen LogP contribution in [0, 0.1) is 5.92 Å². The molecular formula is C14H21ClN2O4S. The molecule has 0 amide bonds. The lowest BCUT2D eigenvalue weighted by molar-refractivity contribution is 0.174. The predicted molar refractivity (Wildman–Crippen MR) is 84.9 cm³/mol. The minimum Gasteiger partial charge on any atom is -0.454 e. The summed E-state index contributed by atoms with van der Waals surface area (Å²) in [6.45, 7) is 3.09. The summed E-state index contributed by atoms with van der Waals surface area (Å²) in [6.07, 6.45) is 1.82. The molecule has 0 spiro atoms. The van der Waals surface area contributed by atoms with Crippen LogP contribution in [0.1, 0.15) is 19.8 Å². The number of nitrogens with two attached hydrogens (primary N) is 1. The van der Waals surface area contributed by atoms with Crippen molar-refractivity contribution < 1.29 is 17.9 Å². The zero-order valence-electron chi connectivity index (χ0n) is 12.4. The summed E-state index contributed by atoms with van der Waals surface area (Å²) < 4.78 is 37.5. The van der Waals surface area contributed by atoms with Crippen molar-refractivity contribution in [3.8, 4) is 11.5 Å². The van der Waals surface area contributed by atoms with Gasteiger partial charge in [-0.25, -0.2) is 8.42 Å². The number of halogens is 1. The highest BCUT2D eigenvalue weighted by Gasteiger charge is 2.32. The normalized spacial score (nSPS) is 22.9. The van der Waals surface area contributed by atoms with E-state index in [0.29, 0.717) is 24.6 Å². The number of nitrogens with zero attached hydrogens (tertiary/aromatic N) is 1. The van der Waals surface area contributed by atoms with Crippen molar-refractivity contribution in [1.29, 1.82) is 0 Å². The fourth-order valence-electron chi connectivity index (χ4n) is 2.81. The first-order chi connectivity index (χ1) is 9.98. The van der Waals surface area contributed by atoms with Crippen LogP contribution in [0.5, 0.6) is 11.5 Å². The van der Waals surface area contributed by atoms with Crippen LogP contribution < -0.4 is 15.2 Å². The Balaban J connectivity index is 0.00000176. The molecule has 1 saturated heterocycles. The Labute approximate surface area is 137 Å². The lowest BCUT2D eigenvalue weighted by Gasteiger charge is -2.33. The second-order valence-electron chi connectivity index (χ2n) is 5.64. The number of benzene rings is 1. The quantitative estimate of drug-likeness (QED) is 0.896. The maximum absolute atomic E-state index is 12.7. The summed E-state index contributed by atoms with van der Waals surface area (Å²) in [5, 5.41) is 0. The number of hydrogen-bond acceptors (Lipinski definition) is 5. The molecule has 0 radical (unpaired) electrons. The zero-order chi connectivity index (χ0) is 15.0. The highest BCUT2D eigenvalue weighted by molar-refractivity contribution is 7.89. The van der Waals surface area contributed by atoms with Gasteiger partial charge in [-0.1, -0.05) is 0 Å². The Bertz CT molecular complexity index is 636. The lowest BCUT2D eigenvalue weighted by Crippen LogP contribution is -2.44. The zero-order valence-corrected chi connectivity index (χ0v) is 14.0. The molecule has 2 N–H and O–H groups in total. The van der Waals surface area contributed by atoms with E-state index in [1.165, 1.54) is 10.4 Å². The second kappa shape index (κ2) is 6.62. The number of fused-ring (bicyclic) bond motifs is 1. The molecule has 0 aromatic heterocycles. The highest BCUT2D eigenvalue weighted by Crippen LogP contribution is 2.35. The van der Waals surface area contributed by atoms with Crippen molar-refractivity contribution in [2.24, 2.45) is 11.7 Å². The molecule has 1 aromatic carbocycles. The molecule has 2 unspecified atom stereocenters. The topological polar surface area (TPSA) is 81.9 Å². The van der Waals surface area contributed by atoms with E-state index in [1.54, 1.807) is 12.1 Å². The number of ether oxygens (including phenoxy) is 2. The molecule has 2 heterocycles. The largest absolute Gasteiger partial charge is 0.454 e. The lowest BCUT2D eigenvalue weighted by atomic mass is 9.93. The summed E-state index contributed by atoms with van der Waals surface area (Å²) in [5.41, 5.74) is 5.93. The molecule has 0 aliphatic carbocycles. The SMILES string of the molecule is CC(N)C1CCCN(S(=O)(=O)c2ccc3c(c2)OCO3)C1.Cl. The van der Waals surface area contributed by atoms with Crippen molar-refractivity contribution in [2.75, 3.05) is 19.9 Å². The van der Waals surface area contributed by atoms with Gasteiger partial charge in [0.2, 0.25) is 16.8 Å². The van der Waals surface area contributed by atoms with E-state index >= 15 is 0 Å². The average Bonchev–Trinajstić information content (AvgIpc) is 2.94. The van der Waals surface area contributed by atoms with Crippen LogP contribution in [-0.2, 0) is 10.0 Å². The van der Waals surface area contributed by atoms with Gasteiger partial charge < -0.3 is 15.2 Å². The van der Waals surface area contributed by atoms with Gasteiger partial charge in [0, 0.05) is 25.2 Å². The van der Waals surface area contributed by atoms with Crippen molar-refractivity contribution in [1.82, 2.24) is 4.31 Å². The van der Waals surface area contributed by atoms with Gasteiger partial charge in [0.25, 0.3) is 0 Å². The third-order valence-corrected chi connectivity index (χ3v) is 6.01. The number of piperidine rings is 1. The fourth-order valence-corrected chi connectivity index (χ4v) is 4.36. The Kier molecular flexibility index (Phi) is 5.21. The fraction of sp³-hybridized carbons (Fsp3) is 0.571. The summed E-state index contributed by atoms with van der Waals surface area (Å²) in [6, 6.07) is 4.74. The molecular weight excluding hydrogens is 328 g/mol. The maximum atomic E-state index is 12.7. The third-order valence-electron chi connectivity index (χ3n) is 4.15. The van der Waals surface area contributed by atoms with Gasteiger partial charge >= 0.3 is 0 Å². The highest BCUT2D eigenvalue weighted by atomic mass is 35.5. The minimum atomic E-state index is -3.51. The minimum absolute atomic E-state index is 0. The molecule has 0 saturated carbocycles. The molecule has 1 fully saturated rings. The average molecular weight is 349 g/mol. The van der Waals surface area contributed by atoms with Crippen molar-refractivity contribution in [3.05, 3.63) is 18.2 Å². The summed E-state index contributed by atoms with van der Waals surface area (Å²) in [7, 11) is -3.51. The van der Waals surface area contributed by atoms with E-state index in [1.807, 2.05) is 6.92 Å². The van der Waals surface area contributed by atoms with Gasteiger partial charge in [0.05, 0.1) is 4.90 Å². The van der Waals surface area contributed by atoms with Gasteiger partial charge in [-0.15, -0.1) is 12.4 Å². The maximum Gasteiger partial charge on any atom is 0.243 e. The molecule has 124 valence electrons. The van der Waals surface area contributed by atoms with Gasteiger partial charge in [0.15, 0.2) is 11.5 Å².